The summed E-state index contributed by atoms with van der Waals surface area (Å²) < 4.78 is 469. The van der Waals surface area contributed by atoms with Crippen LogP contribution in [0, 0.1) is 169 Å². The Hall–Kier alpha value is -7.12. The van der Waals surface area contributed by atoms with Crippen LogP contribution < -0.4 is 23.0 Å². The lowest BCUT2D eigenvalue weighted by Crippen LogP contribution is -2.79. The Morgan fingerprint density at radius 3 is 0.853 bits per heavy atom. The number of alkyl halides is 3. The molecule has 32 heteroatoms. The van der Waals surface area contributed by atoms with Gasteiger partial charge in [-0.2, -0.15) is 30.9 Å². The van der Waals surface area contributed by atoms with E-state index >= 15 is 105 Å². The van der Waals surface area contributed by atoms with Gasteiger partial charge in [-0.25, -0.2) is 119 Å². The van der Waals surface area contributed by atoms with Gasteiger partial charge in [0.25, 0.3) is 13.1 Å². The maximum absolute atomic E-state index is 18.2. The molecule has 0 aliphatic rings. The van der Waals surface area contributed by atoms with Crippen LogP contribution in [0.4, 0.5) is 132 Å². The molecule has 9 aromatic rings. The van der Waals surface area contributed by atoms with Crippen LogP contribution in [0.1, 0.15) is 128 Å². The molecule has 0 heterocycles. The second-order valence-corrected chi connectivity index (χ2v) is 31.1. The number of unbranched alkanes of at least 4 members (excludes halogenated alkanes) is 1. The SMILES string of the molecule is CCCCC(CC)CC[PH+](CC(C)CCC)c1cc(F)c(F)c(C(F)(F)F)c1F.CCc1c(F)c(F)c(F)c2c(F)c(F)c(F)[c]([Al-]([c]3c(F)c(F)c(F)c4c(F)c(F)c(F)c(CC)c34)([c]3c(F)c(F)c(F)c4c(F)c(F)c(F)c(CC)c34)[c]3c(F)c(F)c(F)c4c(F)c(F)c(F)c(CC)c34)c12. The van der Waals surface area contributed by atoms with E-state index in [1.165, 1.54) is 0 Å². The topological polar surface area (TPSA) is 0 Å². The van der Waals surface area contributed by atoms with Crippen molar-refractivity contribution in [2.45, 2.75) is 132 Å². The Morgan fingerprint density at radius 1 is 0.324 bits per heavy atom. The number of halogens is 30. The summed E-state index contributed by atoms with van der Waals surface area (Å²) in [5.41, 5.74) is -9.60. The van der Waals surface area contributed by atoms with Gasteiger partial charge < -0.3 is 0 Å². The maximum atomic E-state index is 18.2. The van der Waals surface area contributed by atoms with E-state index in [-0.39, 0.29) is 11.2 Å². The van der Waals surface area contributed by atoms with E-state index in [1.807, 2.05) is 13.8 Å². The van der Waals surface area contributed by atoms with Crippen molar-refractivity contribution >= 4 is 87.1 Å². The second-order valence-electron chi connectivity index (χ2n) is 24.4. The molecule has 0 N–H and O–H groups in total. The number of aryl methyl sites for hydroxylation is 4. The van der Waals surface area contributed by atoms with Crippen LogP contribution in [0.5, 0.6) is 0 Å². The molecule has 102 heavy (non-hydrogen) atoms. The Labute approximate surface area is 564 Å². The molecule has 3 unspecified atom stereocenters. The molecule has 0 aliphatic heterocycles. The van der Waals surface area contributed by atoms with Crippen LogP contribution >= 0.6 is 7.92 Å². The van der Waals surface area contributed by atoms with Gasteiger partial charge in [0, 0.05) is 14.0 Å². The lowest BCUT2D eigenvalue weighted by Gasteiger charge is -2.45. The average molecular weight is 1520 g/mol. The Bertz CT molecular complexity index is 4360. The third-order valence-corrected chi connectivity index (χ3v) is 27.7. The zero-order valence-electron chi connectivity index (χ0n) is 54.3. The average Bonchev–Trinajstić information content (AvgIpc) is 0.660. The zero-order valence-corrected chi connectivity index (χ0v) is 56.5. The fraction of sp³-hybridized carbons (Fsp3) is 0.343. The predicted octanol–water partition coefficient (Wildman–Crippen LogP) is 21.3. The summed E-state index contributed by atoms with van der Waals surface area (Å²) in [5.74, 6) is -79.0. The molecule has 0 aromatic heterocycles. The standard InChI is InChI=1S/C22H33F6P.4C12H5F6.Al/c1-5-8-10-16(7-3)11-12-29(14-15(4)9-6-2)18-13-17(23)20(24)19(21(18)25)22(26,27)28;4*1-2-4-5-3-6(13)9(15)10(16)7(5)11(17)12(18)8(4)14;/h13,15-16H,5-12,14H2,1-4H3;4*2H2,1H3;/q;;;;;-1/p+1. The number of rotatable bonds is 20. The number of benzene rings is 9. The highest BCUT2D eigenvalue weighted by Gasteiger charge is 2.54. The highest BCUT2D eigenvalue weighted by Crippen LogP contribution is 2.47. The minimum atomic E-state index is -9.34. The second kappa shape index (κ2) is 30.5. The smallest absolute Gasteiger partial charge is 0.208 e. The van der Waals surface area contributed by atoms with Crippen molar-refractivity contribution in [3.63, 3.8) is 0 Å². The lowest BCUT2D eigenvalue weighted by atomic mass is 9.97. The van der Waals surface area contributed by atoms with E-state index in [0.29, 0.717) is 52.0 Å². The van der Waals surface area contributed by atoms with Crippen LogP contribution in [0.3, 0.4) is 0 Å². The lowest BCUT2D eigenvalue weighted by molar-refractivity contribution is -0.142. The minimum Gasteiger partial charge on any atom is -0.208 e. The van der Waals surface area contributed by atoms with Crippen LogP contribution in [0.2, 0.25) is 0 Å². The molecule has 0 spiro atoms. The maximum Gasteiger partial charge on any atom is 0.422 e. The third kappa shape index (κ3) is 12.7. The van der Waals surface area contributed by atoms with Crippen molar-refractivity contribution < 1.29 is 132 Å². The number of hydrogen-bond donors (Lipinski definition) is 0. The van der Waals surface area contributed by atoms with Gasteiger partial charge in [0.05, 0.1) is 33.9 Å². The molecular formula is C70H54AlF30P. The minimum absolute atomic E-state index is 0.200. The van der Waals surface area contributed by atoms with Crippen molar-refractivity contribution in [2.24, 2.45) is 11.8 Å². The van der Waals surface area contributed by atoms with Gasteiger partial charge in [-0.05, 0) is 94.2 Å². The summed E-state index contributed by atoms with van der Waals surface area (Å²) in [6, 6.07) is 0.680. The van der Waals surface area contributed by atoms with Gasteiger partial charge in [0.15, 0.2) is 134 Å². The van der Waals surface area contributed by atoms with Crippen molar-refractivity contribution in [1.82, 2.24) is 0 Å². The van der Waals surface area contributed by atoms with Crippen molar-refractivity contribution in [3.8, 4) is 0 Å². The van der Waals surface area contributed by atoms with E-state index in [4.69, 9.17) is 0 Å². The Balaban J connectivity index is 0.000000382. The molecular weight excluding hydrogens is 1470 g/mol. The Kier molecular flexibility index (Phi) is 24.1. The monoisotopic (exact) mass is 1520 g/mol. The van der Waals surface area contributed by atoms with Crippen LogP contribution in [-0.2, 0) is 31.9 Å². The van der Waals surface area contributed by atoms with E-state index in [1.54, 1.807) is 0 Å². The predicted molar refractivity (Wildman–Crippen MR) is 328 cm³/mol. The van der Waals surface area contributed by atoms with Crippen LogP contribution in [0.15, 0.2) is 6.07 Å². The quantitative estimate of drug-likeness (QED) is 0.0235. The first-order valence-corrected chi connectivity index (χ1v) is 35.8. The van der Waals surface area contributed by atoms with Crippen LogP contribution in [0.25, 0.3) is 43.1 Å². The molecule has 0 bridgehead atoms. The molecule has 9 aromatic carbocycles. The van der Waals surface area contributed by atoms with Crippen molar-refractivity contribution in [2.75, 3.05) is 12.3 Å². The first-order chi connectivity index (χ1) is 47.7. The van der Waals surface area contributed by atoms with Gasteiger partial charge in [-0.3, -0.25) is 0 Å². The summed E-state index contributed by atoms with van der Waals surface area (Å²) in [6.45, 7) is 10.7. The molecule has 0 aliphatic carbocycles. The summed E-state index contributed by atoms with van der Waals surface area (Å²) >= 11 is -9.34. The van der Waals surface area contributed by atoms with E-state index in [2.05, 4.69) is 13.8 Å². The normalized spacial score (nSPS) is 13.2. The van der Waals surface area contributed by atoms with E-state index in [0.717, 1.165) is 44.9 Å². The molecule has 0 amide bonds. The Morgan fingerprint density at radius 2 is 0.608 bits per heavy atom. The fourth-order valence-corrected chi connectivity index (χ4v) is 24.3. The third-order valence-electron chi connectivity index (χ3n) is 18.9. The molecule has 3 atom stereocenters. The summed E-state index contributed by atoms with van der Waals surface area (Å²) in [6.07, 6.45) is -3.25. The number of hydrogen-bond acceptors (Lipinski definition) is 0. The molecule has 0 saturated heterocycles. The summed E-state index contributed by atoms with van der Waals surface area (Å²) in [4.78, 5) is 0. The summed E-state index contributed by atoms with van der Waals surface area (Å²) in [7, 11) is -1.80. The highest BCUT2D eigenvalue weighted by molar-refractivity contribution is 7.65. The molecule has 552 valence electrons. The van der Waals surface area contributed by atoms with E-state index in [9.17, 15) is 26.3 Å². The van der Waals surface area contributed by atoms with Gasteiger partial charge in [0.2, 0.25) is 0 Å². The molecule has 0 fully saturated rings. The first-order valence-electron chi connectivity index (χ1n) is 31.6. The molecule has 9 rings (SSSR count). The van der Waals surface area contributed by atoms with E-state index < -0.39 is 299 Å². The van der Waals surface area contributed by atoms with Gasteiger partial charge in [-0.1, -0.05) is 87.5 Å². The van der Waals surface area contributed by atoms with Gasteiger partial charge in [-0.15, -0.1) is 0 Å². The molecule has 0 saturated carbocycles. The summed E-state index contributed by atoms with van der Waals surface area (Å²) in [5, 5.41) is -19.9. The molecule has 0 radical (unpaired) electrons. The van der Waals surface area contributed by atoms with Gasteiger partial charge in [0.1, 0.15) is 34.1 Å². The first kappa shape index (κ1) is 80.6. The largest absolute Gasteiger partial charge is 0.422 e. The van der Waals surface area contributed by atoms with Crippen molar-refractivity contribution in [3.05, 3.63) is 191 Å². The zero-order chi connectivity index (χ0) is 76.6. The van der Waals surface area contributed by atoms with Gasteiger partial charge >= 0.3 is 6.18 Å². The number of fused-ring (bicyclic) bond motifs is 4. The molecule has 0 nitrogen and oxygen atoms in total. The van der Waals surface area contributed by atoms with Crippen LogP contribution in [-0.4, -0.2) is 25.4 Å². The van der Waals surface area contributed by atoms with Crippen molar-refractivity contribution in [1.29, 1.82) is 0 Å². The highest BCUT2D eigenvalue weighted by atomic mass is 31.1. The fourth-order valence-electron chi connectivity index (χ4n) is 14.3.